The lowest BCUT2D eigenvalue weighted by Gasteiger charge is -2.18. The van der Waals surface area contributed by atoms with Gasteiger partial charge < -0.3 is 14.2 Å². The highest BCUT2D eigenvalue weighted by Gasteiger charge is 2.29. The fourth-order valence-corrected chi connectivity index (χ4v) is 1.76. The van der Waals surface area contributed by atoms with Gasteiger partial charge in [0, 0.05) is 12.3 Å². The lowest BCUT2D eigenvalue weighted by molar-refractivity contribution is -0.142. The summed E-state index contributed by atoms with van der Waals surface area (Å²) >= 11 is 0. The fraction of sp³-hybridized carbons (Fsp3) is 0.889. The van der Waals surface area contributed by atoms with Crippen molar-refractivity contribution < 1.29 is 19.0 Å². The molecule has 0 aromatic rings. The highest BCUT2D eigenvalue weighted by molar-refractivity contribution is 5.69. The average Bonchev–Trinajstić information content (AvgIpc) is 2.56. The normalized spacial score (nSPS) is 31.4. The second-order valence-electron chi connectivity index (χ2n) is 3.42. The smallest absolute Gasteiger partial charge is 0.305 e. The van der Waals surface area contributed by atoms with Crippen molar-refractivity contribution in [2.45, 2.75) is 25.6 Å². The topological polar surface area (TPSA) is 44.8 Å². The summed E-state index contributed by atoms with van der Waals surface area (Å²) in [6, 6.07) is 0. The third-order valence-electron chi connectivity index (χ3n) is 2.50. The summed E-state index contributed by atoms with van der Waals surface area (Å²) in [7, 11) is 0. The van der Waals surface area contributed by atoms with Gasteiger partial charge in [-0.3, -0.25) is 4.79 Å². The number of carbonyl (C=O) groups excluding carboxylic acids is 1. The van der Waals surface area contributed by atoms with Crippen molar-refractivity contribution in [3.63, 3.8) is 0 Å². The van der Waals surface area contributed by atoms with Crippen molar-refractivity contribution >= 4 is 5.97 Å². The summed E-state index contributed by atoms with van der Waals surface area (Å²) in [6.45, 7) is 1.86. The molecule has 74 valence electrons. The maximum absolute atomic E-state index is 10.9. The Morgan fingerprint density at radius 2 is 1.85 bits per heavy atom. The van der Waals surface area contributed by atoms with Gasteiger partial charge in [0.05, 0.1) is 19.8 Å². The van der Waals surface area contributed by atoms with E-state index < -0.39 is 0 Å². The lowest BCUT2D eigenvalue weighted by atomic mass is 10.0. The molecule has 13 heavy (non-hydrogen) atoms. The Kier molecular flexibility index (Phi) is 2.80. The van der Waals surface area contributed by atoms with Crippen LogP contribution in [0.25, 0.3) is 0 Å². The molecule has 0 N–H and O–H groups in total. The minimum Gasteiger partial charge on any atom is -0.466 e. The molecule has 2 rings (SSSR count). The third kappa shape index (κ3) is 2.19. The molecule has 4 heteroatoms. The number of hydrogen-bond acceptors (Lipinski definition) is 4. The van der Waals surface area contributed by atoms with E-state index in [9.17, 15) is 4.79 Å². The average molecular weight is 186 g/mol. The van der Waals surface area contributed by atoms with Crippen LogP contribution in [0.15, 0.2) is 0 Å². The molecule has 4 nitrogen and oxygen atoms in total. The van der Waals surface area contributed by atoms with Crippen LogP contribution in [0, 0.1) is 5.92 Å². The predicted molar refractivity (Wildman–Crippen MR) is 44.0 cm³/mol. The van der Waals surface area contributed by atoms with E-state index in [0.29, 0.717) is 32.2 Å². The molecule has 0 amide bonds. The Bertz CT molecular complexity index is 186. The Balaban J connectivity index is 1.87. The molecule has 0 aromatic heterocycles. The standard InChI is InChI=1S/C9H14O4/c10-8-2-1-7(3-4-11-8)9-12-5-6-13-9/h7,9H,1-6H2. The summed E-state index contributed by atoms with van der Waals surface area (Å²) in [6.07, 6.45) is 2.07. The largest absolute Gasteiger partial charge is 0.466 e. The number of cyclic esters (lactones) is 1. The maximum Gasteiger partial charge on any atom is 0.305 e. The van der Waals surface area contributed by atoms with Crippen molar-refractivity contribution in [2.75, 3.05) is 19.8 Å². The van der Waals surface area contributed by atoms with Crippen molar-refractivity contribution in [1.82, 2.24) is 0 Å². The van der Waals surface area contributed by atoms with Gasteiger partial charge in [-0.15, -0.1) is 0 Å². The van der Waals surface area contributed by atoms with Gasteiger partial charge in [-0.05, 0) is 12.8 Å². The first kappa shape index (κ1) is 8.97. The first-order chi connectivity index (χ1) is 6.36. The first-order valence-corrected chi connectivity index (χ1v) is 4.75. The molecule has 2 heterocycles. The van der Waals surface area contributed by atoms with Crippen molar-refractivity contribution in [2.24, 2.45) is 5.92 Å². The van der Waals surface area contributed by atoms with E-state index in [2.05, 4.69) is 0 Å². The van der Waals surface area contributed by atoms with Gasteiger partial charge in [0.15, 0.2) is 6.29 Å². The van der Waals surface area contributed by atoms with Crippen LogP contribution >= 0.6 is 0 Å². The SMILES string of the molecule is O=C1CCC(C2OCCO2)CCO1. The predicted octanol–water partition coefficient (Wildman–Crippen LogP) is 0.703. The van der Waals surface area contributed by atoms with Crippen molar-refractivity contribution in [3.05, 3.63) is 0 Å². The zero-order valence-electron chi connectivity index (χ0n) is 7.53. The molecule has 0 radical (unpaired) electrons. The molecule has 2 saturated heterocycles. The van der Waals surface area contributed by atoms with Gasteiger partial charge >= 0.3 is 5.97 Å². The van der Waals surface area contributed by atoms with E-state index in [1.807, 2.05) is 0 Å². The van der Waals surface area contributed by atoms with E-state index in [4.69, 9.17) is 14.2 Å². The van der Waals surface area contributed by atoms with Crippen LogP contribution in [0.1, 0.15) is 19.3 Å². The number of hydrogen-bond donors (Lipinski definition) is 0. The molecule has 0 aliphatic carbocycles. The number of esters is 1. The molecule has 0 spiro atoms. The Morgan fingerprint density at radius 3 is 2.62 bits per heavy atom. The zero-order valence-corrected chi connectivity index (χ0v) is 7.53. The molecule has 0 saturated carbocycles. The monoisotopic (exact) mass is 186 g/mol. The second-order valence-corrected chi connectivity index (χ2v) is 3.42. The highest BCUT2D eigenvalue weighted by atomic mass is 16.7. The van der Waals surface area contributed by atoms with Gasteiger partial charge in [-0.25, -0.2) is 0 Å². The van der Waals surface area contributed by atoms with Crippen LogP contribution in [0.5, 0.6) is 0 Å². The molecule has 2 aliphatic rings. The van der Waals surface area contributed by atoms with E-state index in [1.165, 1.54) is 0 Å². The maximum atomic E-state index is 10.9. The van der Waals surface area contributed by atoms with Crippen LogP contribution < -0.4 is 0 Å². The molecule has 1 atom stereocenters. The van der Waals surface area contributed by atoms with E-state index in [0.717, 1.165) is 12.8 Å². The number of carbonyl (C=O) groups is 1. The summed E-state index contributed by atoms with van der Waals surface area (Å²) in [5.41, 5.74) is 0. The Hall–Kier alpha value is -0.610. The van der Waals surface area contributed by atoms with Crippen LogP contribution in [0.4, 0.5) is 0 Å². The first-order valence-electron chi connectivity index (χ1n) is 4.75. The minimum absolute atomic E-state index is 0.0968. The van der Waals surface area contributed by atoms with Crippen LogP contribution in [-0.2, 0) is 19.0 Å². The Labute approximate surface area is 77.1 Å². The van der Waals surface area contributed by atoms with E-state index >= 15 is 0 Å². The Morgan fingerprint density at radius 1 is 1.08 bits per heavy atom. The van der Waals surface area contributed by atoms with Crippen molar-refractivity contribution in [3.8, 4) is 0 Å². The zero-order chi connectivity index (χ0) is 9.10. The lowest BCUT2D eigenvalue weighted by Crippen LogP contribution is -2.21. The number of ether oxygens (including phenoxy) is 3. The van der Waals surface area contributed by atoms with Gasteiger partial charge in [0.2, 0.25) is 0 Å². The highest BCUT2D eigenvalue weighted by Crippen LogP contribution is 2.25. The third-order valence-corrected chi connectivity index (χ3v) is 2.50. The second kappa shape index (κ2) is 4.07. The van der Waals surface area contributed by atoms with Crippen LogP contribution in [0.3, 0.4) is 0 Å². The van der Waals surface area contributed by atoms with Crippen LogP contribution in [-0.4, -0.2) is 32.1 Å². The number of rotatable bonds is 1. The summed E-state index contributed by atoms with van der Waals surface area (Å²) in [4.78, 5) is 10.9. The molecule has 0 aromatic carbocycles. The van der Waals surface area contributed by atoms with E-state index in [-0.39, 0.29) is 12.3 Å². The van der Waals surface area contributed by atoms with Crippen molar-refractivity contribution in [1.29, 1.82) is 0 Å². The van der Waals surface area contributed by atoms with E-state index in [1.54, 1.807) is 0 Å². The summed E-state index contributed by atoms with van der Waals surface area (Å²) in [5, 5.41) is 0. The summed E-state index contributed by atoms with van der Waals surface area (Å²) < 4.78 is 15.7. The summed E-state index contributed by atoms with van der Waals surface area (Å²) in [5.74, 6) is 0.231. The van der Waals surface area contributed by atoms with Gasteiger partial charge in [0.25, 0.3) is 0 Å². The fourth-order valence-electron chi connectivity index (χ4n) is 1.76. The molecular formula is C9H14O4. The van der Waals surface area contributed by atoms with Gasteiger partial charge in [0.1, 0.15) is 0 Å². The molecule has 2 aliphatic heterocycles. The molecular weight excluding hydrogens is 172 g/mol. The molecule has 2 fully saturated rings. The molecule has 1 unspecified atom stereocenters. The van der Waals surface area contributed by atoms with Gasteiger partial charge in [-0.1, -0.05) is 0 Å². The van der Waals surface area contributed by atoms with Crippen LogP contribution in [0.2, 0.25) is 0 Å². The minimum atomic E-state index is -0.102. The van der Waals surface area contributed by atoms with Gasteiger partial charge in [-0.2, -0.15) is 0 Å². The quantitative estimate of drug-likeness (QED) is 0.565. The molecule has 0 bridgehead atoms.